The first-order valence-electron chi connectivity index (χ1n) is 7.66. The second-order valence-electron chi connectivity index (χ2n) is 6.34. The first-order valence-corrected chi connectivity index (χ1v) is 8.24. The zero-order chi connectivity index (χ0) is 13.7. The minimum atomic E-state index is 0.0609. The summed E-state index contributed by atoms with van der Waals surface area (Å²) in [5.41, 5.74) is 2.83. The molecule has 3 heterocycles. The predicted molar refractivity (Wildman–Crippen MR) is 83.1 cm³/mol. The lowest BCUT2D eigenvalue weighted by Crippen LogP contribution is -2.48. The largest absolute Gasteiger partial charge is 0.334 e. The molecular weight excluding hydrogens is 267 g/mol. The number of amides is 1. The van der Waals surface area contributed by atoms with Crippen LogP contribution < -0.4 is 10.6 Å². The van der Waals surface area contributed by atoms with Gasteiger partial charge in [-0.25, -0.2) is 0 Å². The van der Waals surface area contributed by atoms with Crippen LogP contribution in [0.25, 0.3) is 0 Å². The van der Waals surface area contributed by atoms with Gasteiger partial charge in [-0.05, 0) is 47.7 Å². The molecule has 2 saturated heterocycles. The fourth-order valence-electron chi connectivity index (χ4n) is 4.18. The summed E-state index contributed by atoms with van der Waals surface area (Å²) in [6.07, 6.45) is 4.42. The molecule has 0 aromatic heterocycles. The molecule has 2 bridgehead atoms. The van der Waals surface area contributed by atoms with Crippen LogP contribution >= 0.6 is 9.24 Å². The number of hydrogen-bond acceptors (Lipinski definition) is 2. The van der Waals surface area contributed by atoms with E-state index in [0.29, 0.717) is 17.9 Å². The Morgan fingerprint density at radius 1 is 1.30 bits per heavy atom. The number of nitrogens with one attached hydrogen (secondary N) is 1. The molecule has 4 rings (SSSR count). The molecule has 0 radical (unpaired) electrons. The van der Waals surface area contributed by atoms with E-state index in [4.69, 9.17) is 0 Å². The van der Waals surface area contributed by atoms with E-state index >= 15 is 0 Å². The van der Waals surface area contributed by atoms with Gasteiger partial charge in [-0.15, -0.1) is 9.24 Å². The quantitative estimate of drug-likeness (QED) is 0.732. The highest BCUT2D eigenvalue weighted by Crippen LogP contribution is 2.40. The van der Waals surface area contributed by atoms with Gasteiger partial charge in [0.15, 0.2) is 0 Å². The van der Waals surface area contributed by atoms with Crippen LogP contribution in [0.1, 0.15) is 36.4 Å². The molecule has 3 aliphatic rings. The van der Waals surface area contributed by atoms with E-state index in [9.17, 15) is 4.79 Å². The summed E-state index contributed by atoms with van der Waals surface area (Å²) in [5, 5.41) is 4.72. The van der Waals surface area contributed by atoms with Crippen molar-refractivity contribution in [1.29, 1.82) is 0 Å². The van der Waals surface area contributed by atoms with E-state index in [1.54, 1.807) is 0 Å². The Morgan fingerprint density at radius 2 is 2.20 bits per heavy atom. The second-order valence-corrected chi connectivity index (χ2v) is 7.00. The van der Waals surface area contributed by atoms with Crippen LogP contribution in [0, 0.1) is 5.92 Å². The number of hydrogen-bond donors (Lipinski definition) is 1. The van der Waals surface area contributed by atoms with E-state index in [2.05, 4.69) is 37.7 Å². The summed E-state index contributed by atoms with van der Waals surface area (Å²) in [6, 6.07) is 7.05. The molecule has 3 aliphatic heterocycles. The monoisotopic (exact) mass is 288 g/mol. The van der Waals surface area contributed by atoms with Crippen molar-refractivity contribution in [2.75, 3.05) is 13.1 Å². The van der Waals surface area contributed by atoms with Gasteiger partial charge in [-0.3, -0.25) is 4.79 Å². The lowest BCUT2D eigenvalue weighted by molar-refractivity contribution is -0.136. The molecule has 4 unspecified atom stereocenters. The highest BCUT2D eigenvalue weighted by atomic mass is 31.0. The molecule has 2 fully saturated rings. The van der Waals surface area contributed by atoms with Crippen LogP contribution in [0.5, 0.6) is 0 Å². The third-order valence-electron chi connectivity index (χ3n) is 5.17. The minimum absolute atomic E-state index is 0.0609. The Morgan fingerprint density at radius 3 is 3.10 bits per heavy atom. The van der Waals surface area contributed by atoms with Gasteiger partial charge in [0.25, 0.3) is 0 Å². The minimum Gasteiger partial charge on any atom is -0.334 e. The van der Waals surface area contributed by atoms with E-state index in [0.717, 1.165) is 25.9 Å². The molecular formula is C16H21N2OP. The Bertz CT molecular complexity index is 559. The van der Waals surface area contributed by atoms with Crippen LogP contribution in [-0.2, 0) is 11.2 Å². The molecule has 1 aromatic rings. The van der Waals surface area contributed by atoms with E-state index < -0.39 is 0 Å². The van der Waals surface area contributed by atoms with Gasteiger partial charge in [0.05, 0.1) is 12.1 Å². The molecule has 4 atom stereocenters. The predicted octanol–water partition coefficient (Wildman–Crippen LogP) is 1.38. The topological polar surface area (TPSA) is 32.3 Å². The molecule has 4 heteroatoms. The number of fused-ring (bicyclic) bond motifs is 7. The Balaban J connectivity index is 1.83. The number of nitrogens with zero attached hydrogens (tertiary/aromatic N) is 1. The van der Waals surface area contributed by atoms with Gasteiger partial charge in [0, 0.05) is 13.1 Å². The normalized spacial score (nSPS) is 32.4. The van der Waals surface area contributed by atoms with Crippen molar-refractivity contribution in [2.45, 2.75) is 37.8 Å². The van der Waals surface area contributed by atoms with Gasteiger partial charge in [-0.1, -0.05) is 18.6 Å². The maximum absolute atomic E-state index is 12.7. The van der Waals surface area contributed by atoms with Crippen LogP contribution in [-0.4, -0.2) is 29.9 Å². The number of carbonyl (C=O) groups is 1. The molecule has 0 aliphatic carbocycles. The van der Waals surface area contributed by atoms with Crippen LogP contribution in [0.15, 0.2) is 18.2 Å². The standard InChI is InChI=1S/C16H21N2OP/c19-16-14-3-1-2-11(9-17-14)15-13-8-12(20)5-4-10(13)6-7-18(15)16/h4-5,8,11,14-15,17H,1-3,6-7,9,20H2. The van der Waals surface area contributed by atoms with Crippen LogP contribution in [0.2, 0.25) is 0 Å². The summed E-state index contributed by atoms with van der Waals surface area (Å²) < 4.78 is 0. The summed E-state index contributed by atoms with van der Waals surface area (Å²) in [7, 11) is 2.79. The molecule has 1 amide bonds. The number of benzene rings is 1. The van der Waals surface area contributed by atoms with Crippen molar-refractivity contribution in [3.63, 3.8) is 0 Å². The molecule has 3 nitrogen and oxygen atoms in total. The van der Waals surface area contributed by atoms with Gasteiger partial charge in [-0.2, -0.15) is 0 Å². The van der Waals surface area contributed by atoms with E-state index in [-0.39, 0.29) is 6.04 Å². The molecule has 1 aromatic carbocycles. The maximum Gasteiger partial charge on any atom is 0.240 e. The smallest absolute Gasteiger partial charge is 0.240 e. The van der Waals surface area contributed by atoms with Crippen LogP contribution in [0.4, 0.5) is 0 Å². The Kier molecular flexibility index (Phi) is 3.08. The highest BCUT2D eigenvalue weighted by molar-refractivity contribution is 7.27. The van der Waals surface area contributed by atoms with Gasteiger partial charge in [0.1, 0.15) is 0 Å². The van der Waals surface area contributed by atoms with Gasteiger partial charge < -0.3 is 10.2 Å². The lowest BCUT2D eigenvalue weighted by Gasteiger charge is -2.41. The zero-order valence-electron chi connectivity index (χ0n) is 11.6. The van der Waals surface area contributed by atoms with Crippen molar-refractivity contribution in [3.8, 4) is 0 Å². The summed E-state index contributed by atoms with van der Waals surface area (Å²) >= 11 is 0. The third-order valence-corrected chi connectivity index (χ3v) is 5.53. The van der Waals surface area contributed by atoms with Crippen LogP contribution in [0.3, 0.4) is 0 Å². The SMILES string of the molecule is O=C1C2CCCC(CN2)C2c3cc(P)ccc3CCN12. The fraction of sp³-hybridized carbons (Fsp3) is 0.562. The molecule has 20 heavy (non-hydrogen) atoms. The molecule has 0 spiro atoms. The third kappa shape index (κ3) is 1.91. The Hall–Kier alpha value is -0.920. The molecule has 106 valence electrons. The number of rotatable bonds is 0. The average Bonchev–Trinajstić information content (AvgIpc) is 2.76. The van der Waals surface area contributed by atoms with Gasteiger partial charge in [0.2, 0.25) is 5.91 Å². The van der Waals surface area contributed by atoms with Crippen molar-refractivity contribution in [1.82, 2.24) is 10.2 Å². The first-order chi connectivity index (χ1) is 9.74. The van der Waals surface area contributed by atoms with E-state index in [1.807, 2.05) is 0 Å². The second kappa shape index (κ2) is 4.82. The van der Waals surface area contributed by atoms with E-state index in [1.165, 1.54) is 29.3 Å². The first kappa shape index (κ1) is 12.8. The van der Waals surface area contributed by atoms with Crippen molar-refractivity contribution < 1.29 is 4.79 Å². The summed E-state index contributed by atoms with van der Waals surface area (Å²) in [4.78, 5) is 14.9. The summed E-state index contributed by atoms with van der Waals surface area (Å²) in [6.45, 7) is 1.87. The summed E-state index contributed by atoms with van der Waals surface area (Å²) in [5.74, 6) is 0.898. The van der Waals surface area contributed by atoms with Crippen molar-refractivity contribution in [3.05, 3.63) is 29.3 Å². The van der Waals surface area contributed by atoms with Gasteiger partial charge >= 0.3 is 0 Å². The average molecular weight is 288 g/mol. The van der Waals surface area contributed by atoms with Crippen molar-refractivity contribution >= 4 is 20.5 Å². The fourth-order valence-corrected chi connectivity index (χ4v) is 4.46. The Labute approximate surface area is 122 Å². The molecule has 1 N–H and O–H groups in total. The zero-order valence-corrected chi connectivity index (χ0v) is 12.8. The number of carbonyl (C=O) groups excluding carboxylic acids is 1. The van der Waals surface area contributed by atoms with Crippen molar-refractivity contribution in [2.24, 2.45) is 5.92 Å². The maximum atomic E-state index is 12.7. The highest BCUT2D eigenvalue weighted by Gasteiger charge is 2.42. The lowest BCUT2D eigenvalue weighted by atomic mass is 9.81. The molecule has 0 saturated carbocycles.